The van der Waals surface area contributed by atoms with Crippen LogP contribution in [0.15, 0.2) is 51.7 Å². The molecule has 0 atom stereocenters. The fraction of sp³-hybridized carbons (Fsp3) is 0.105. The summed E-state index contributed by atoms with van der Waals surface area (Å²) in [6.07, 6.45) is 0. The molecule has 0 spiro atoms. The standard InChI is InChI=1S/C19H13N3O3/c1-10-20-19-16(18-21-13-5-3-4-6-14(13)22(10)18)17(23)12-8-7-11(24-2)9-15(12)25-19/h3-9H,1-2H3. The number of hydrogen-bond donors (Lipinski definition) is 0. The van der Waals surface area contributed by atoms with E-state index in [1.54, 1.807) is 25.3 Å². The van der Waals surface area contributed by atoms with E-state index in [9.17, 15) is 4.79 Å². The average Bonchev–Trinajstić information content (AvgIpc) is 3.01. The molecule has 0 saturated heterocycles. The van der Waals surface area contributed by atoms with E-state index in [1.165, 1.54) is 0 Å². The van der Waals surface area contributed by atoms with Crippen molar-refractivity contribution in [3.8, 4) is 5.75 Å². The van der Waals surface area contributed by atoms with Gasteiger partial charge in [-0.25, -0.2) is 4.98 Å². The van der Waals surface area contributed by atoms with Gasteiger partial charge >= 0.3 is 0 Å². The summed E-state index contributed by atoms with van der Waals surface area (Å²) in [6.45, 7) is 1.87. The van der Waals surface area contributed by atoms with Crippen LogP contribution in [0.1, 0.15) is 5.82 Å². The van der Waals surface area contributed by atoms with Crippen LogP contribution >= 0.6 is 0 Å². The zero-order chi connectivity index (χ0) is 17.1. The maximum Gasteiger partial charge on any atom is 0.236 e. The van der Waals surface area contributed by atoms with Gasteiger partial charge < -0.3 is 9.15 Å². The second-order valence-corrected chi connectivity index (χ2v) is 5.89. The molecule has 0 aliphatic rings. The van der Waals surface area contributed by atoms with Crippen molar-refractivity contribution in [1.82, 2.24) is 14.4 Å². The molecule has 122 valence electrons. The van der Waals surface area contributed by atoms with E-state index in [0.29, 0.717) is 33.6 Å². The van der Waals surface area contributed by atoms with Crippen molar-refractivity contribution in [1.29, 1.82) is 0 Å². The predicted octanol–water partition coefficient (Wildman–Crippen LogP) is 3.46. The molecule has 0 aliphatic heterocycles. The van der Waals surface area contributed by atoms with Gasteiger partial charge in [-0.1, -0.05) is 12.1 Å². The number of benzene rings is 2. The molecule has 0 radical (unpaired) electrons. The molecule has 25 heavy (non-hydrogen) atoms. The smallest absolute Gasteiger partial charge is 0.236 e. The number of hydrogen-bond acceptors (Lipinski definition) is 5. The highest BCUT2D eigenvalue weighted by molar-refractivity contribution is 5.99. The minimum Gasteiger partial charge on any atom is -0.497 e. The molecule has 2 aromatic carbocycles. The van der Waals surface area contributed by atoms with Crippen molar-refractivity contribution in [3.63, 3.8) is 0 Å². The lowest BCUT2D eigenvalue weighted by molar-refractivity contribution is 0.414. The Bertz CT molecular complexity index is 1370. The molecular formula is C19H13N3O3. The van der Waals surface area contributed by atoms with Gasteiger partial charge in [-0.05, 0) is 31.2 Å². The van der Waals surface area contributed by atoms with E-state index in [0.717, 1.165) is 11.0 Å². The lowest BCUT2D eigenvalue weighted by atomic mass is 10.2. The maximum absolute atomic E-state index is 13.1. The normalized spacial score (nSPS) is 11.8. The summed E-state index contributed by atoms with van der Waals surface area (Å²) >= 11 is 0. The number of aryl methyl sites for hydroxylation is 1. The first-order chi connectivity index (χ1) is 12.2. The number of para-hydroxylation sites is 2. The third-order valence-electron chi connectivity index (χ3n) is 4.45. The molecule has 3 aromatic heterocycles. The van der Waals surface area contributed by atoms with Gasteiger partial charge in [0.2, 0.25) is 11.1 Å². The Kier molecular flexibility index (Phi) is 2.68. The fourth-order valence-electron chi connectivity index (χ4n) is 3.28. The third-order valence-corrected chi connectivity index (χ3v) is 4.45. The van der Waals surface area contributed by atoms with E-state index in [-0.39, 0.29) is 11.1 Å². The molecule has 0 bridgehead atoms. The summed E-state index contributed by atoms with van der Waals surface area (Å²) in [7, 11) is 1.57. The molecule has 6 heteroatoms. The summed E-state index contributed by atoms with van der Waals surface area (Å²) in [5.74, 6) is 1.33. The molecule has 5 rings (SSSR count). The molecule has 0 N–H and O–H groups in total. The van der Waals surface area contributed by atoms with E-state index in [1.807, 2.05) is 35.6 Å². The van der Waals surface area contributed by atoms with Crippen LogP contribution in [0.2, 0.25) is 0 Å². The minimum atomic E-state index is -0.147. The van der Waals surface area contributed by atoms with Gasteiger partial charge in [0.1, 0.15) is 22.5 Å². The second-order valence-electron chi connectivity index (χ2n) is 5.89. The van der Waals surface area contributed by atoms with Crippen LogP contribution in [0, 0.1) is 6.92 Å². The van der Waals surface area contributed by atoms with Gasteiger partial charge in [-0.15, -0.1) is 0 Å². The number of aromatic nitrogens is 3. The van der Waals surface area contributed by atoms with Crippen molar-refractivity contribution in [2.24, 2.45) is 0 Å². The Morgan fingerprint density at radius 3 is 2.80 bits per heavy atom. The Morgan fingerprint density at radius 1 is 1.12 bits per heavy atom. The number of rotatable bonds is 1. The lowest BCUT2D eigenvalue weighted by Gasteiger charge is -2.06. The number of imidazole rings is 1. The Hall–Kier alpha value is -3.41. The molecule has 0 unspecified atom stereocenters. The van der Waals surface area contributed by atoms with Gasteiger partial charge in [0.15, 0.2) is 5.65 Å². The molecule has 0 aliphatic carbocycles. The first-order valence-corrected chi connectivity index (χ1v) is 7.86. The average molecular weight is 331 g/mol. The van der Waals surface area contributed by atoms with Gasteiger partial charge in [0, 0.05) is 6.07 Å². The Balaban J connectivity index is 2.05. The highest BCUT2D eigenvalue weighted by Crippen LogP contribution is 2.26. The van der Waals surface area contributed by atoms with Crippen molar-refractivity contribution >= 4 is 38.7 Å². The summed E-state index contributed by atoms with van der Waals surface area (Å²) in [4.78, 5) is 22.2. The summed E-state index contributed by atoms with van der Waals surface area (Å²) < 4.78 is 13.0. The lowest BCUT2D eigenvalue weighted by Crippen LogP contribution is -2.07. The van der Waals surface area contributed by atoms with Crippen LogP contribution in [0.4, 0.5) is 0 Å². The fourth-order valence-corrected chi connectivity index (χ4v) is 3.28. The highest BCUT2D eigenvalue weighted by Gasteiger charge is 2.18. The summed E-state index contributed by atoms with van der Waals surface area (Å²) in [6, 6.07) is 12.9. The van der Waals surface area contributed by atoms with Crippen LogP contribution in [-0.2, 0) is 0 Å². The topological polar surface area (TPSA) is 69.6 Å². The van der Waals surface area contributed by atoms with Gasteiger partial charge in [0.25, 0.3) is 0 Å². The van der Waals surface area contributed by atoms with Crippen LogP contribution in [-0.4, -0.2) is 21.5 Å². The van der Waals surface area contributed by atoms with Crippen LogP contribution in [0.3, 0.4) is 0 Å². The second kappa shape index (κ2) is 4.80. The molecule has 0 fully saturated rings. The Morgan fingerprint density at radius 2 is 1.96 bits per heavy atom. The molecule has 3 heterocycles. The number of nitrogens with zero attached hydrogens (tertiary/aromatic N) is 3. The van der Waals surface area contributed by atoms with Gasteiger partial charge in [-0.3, -0.25) is 9.20 Å². The van der Waals surface area contributed by atoms with Crippen LogP contribution < -0.4 is 10.2 Å². The Labute approximate surface area is 141 Å². The monoisotopic (exact) mass is 331 g/mol. The minimum absolute atomic E-state index is 0.147. The van der Waals surface area contributed by atoms with Crippen molar-refractivity contribution < 1.29 is 9.15 Å². The maximum atomic E-state index is 13.1. The van der Waals surface area contributed by atoms with Gasteiger partial charge in [0.05, 0.1) is 23.5 Å². The molecule has 5 aromatic rings. The quantitative estimate of drug-likeness (QED) is 0.440. The van der Waals surface area contributed by atoms with Crippen molar-refractivity contribution in [2.45, 2.75) is 6.92 Å². The van der Waals surface area contributed by atoms with Crippen LogP contribution in [0.25, 0.3) is 38.7 Å². The van der Waals surface area contributed by atoms with E-state index in [2.05, 4.69) is 9.97 Å². The predicted molar refractivity (Wildman–Crippen MR) is 95.3 cm³/mol. The number of ether oxygens (including phenoxy) is 1. The SMILES string of the molecule is COc1ccc2c(=O)c3c(nc(C)n4c5ccccc5nc34)oc2c1. The van der Waals surface area contributed by atoms with Gasteiger partial charge in [-0.2, -0.15) is 4.98 Å². The van der Waals surface area contributed by atoms with Crippen molar-refractivity contribution in [3.05, 3.63) is 58.5 Å². The highest BCUT2D eigenvalue weighted by atomic mass is 16.5. The zero-order valence-electron chi connectivity index (χ0n) is 13.6. The van der Waals surface area contributed by atoms with Crippen LogP contribution in [0.5, 0.6) is 5.75 Å². The zero-order valence-corrected chi connectivity index (χ0v) is 13.6. The number of fused-ring (bicyclic) bond motifs is 6. The molecule has 6 nitrogen and oxygen atoms in total. The first kappa shape index (κ1) is 14.0. The molecule has 0 saturated carbocycles. The largest absolute Gasteiger partial charge is 0.497 e. The molecule has 0 amide bonds. The summed E-state index contributed by atoms with van der Waals surface area (Å²) in [5, 5.41) is 0.868. The van der Waals surface area contributed by atoms with E-state index in [4.69, 9.17) is 9.15 Å². The number of methoxy groups -OCH3 is 1. The third kappa shape index (κ3) is 1.82. The van der Waals surface area contributed by atoms with Crippen molar-refractivity contribution in [2.75, 3.05) is 7.11 Å². The van der Waals surface area contributed by atoms with E-state index >= 15 is 0 Å². The van der Waals surface area contributed by atoms with E-state index < -0.39 is 0 Å². The summed E-state index contributed by atoms with van der Waals surface area (Å²) in [5.41, 5.74) is 2.88. The first-order valence-electron chi connectivity index (χ1n) is 7.86. The molecular weight excluding hydrogens is 318 g/mol.